The second kappa shape index (κ2) is 12.7. The van der Waals surface area contributed by atoms with Gasteiger partial charge in [0, 0.05) is 32.9 Å². The fraction of sp³-hybridized carbons (Fsp3) is 0. The minimum atomic E-state index is -0.419. The number of anilines is 5. The van der Waals surface area contributed by atoms with Crippen LogP contribution in [0.4, 0.5) is 34.9 Å². The van der Waals surface area contributed by atoms with Crippen molar-refractivity contribution in [2.75, 3.05) is 16.1 Å². The first-order chi connectivity index (χ1) is 19.5. The van der Waals surface area contributed by atoms with Gasteiger partial charge < -0.3 is 10.6 Å². The number of halogens is 1. The van der Waals surface area contributed by atoms with Crippen molar-refractivity contribution in [1.29, 1.82) is 0 Å². The summed E-state index contributed by atoms with van der Waals surface area (Å²) >= 11 is 7.23. The summed E-state index contributed by atoms with van der Waals surface area (Å²) in [4.78, 5) is 25.9. The van der Waals surface area contributed by atoms with E-state index in [4.69, 9.17) is 11.6 Å². The largest absolute Gasteiger partial charge is 0.324 e. The summed E-state index contributed by atoms with van der Waals surface area (Å²) in [7, 11) is 0. The van der Waals surface area contributed by atoms with E-state index in [0.717, 1.165) is 16.3 Å². The molecule has 198 valence electrons. The number of benzene rings is 4. The van der Waals surface area contributed by atoms with Gasteiger partial charge in [0.25, 0.3) is 5.69 Å². The van der Waals surface area contributed by atoms with Crippen LogP contribution in [-0.4, -0.2) is 26.1 Å². The lowest BCUT2D eigenvalue weighted by Gasteiger charge is -2.10. The second-order valence-corrected chi connectivity index (χ2v) is 9.75. The van der Waals surface area contributed by atoms with Gasteiger partial charge in [-0.2, -0.15) is 20.1 Å². The van der Waals surface area contributed by atoms with E-state index in [1.807, 2.05) is 72.8 Å². The van der Waals surface area contributed by atoms with Gasteiger partial charge in [0.05, 0.1) is 16.0 Å². The Hall–Kier alpha value is -5.00. The third-order valence-corrected chi connectivity index (χ3v) is 6.62. The highest BCUT2D eigenvalue weighted by molar-refractivity contribution is 7.99. The Labute approximate surface area is 238 Å². The summed E-state index contributed by atoms with van der Waals surface area (Å²) in [5.74, 6) is 0.778. The third kappa shape index (κ3) is 7.31. The quantitative estimate of drug-likeness (QED) is 0.0889. The molecule has 12 heteroatoms. The molecule has 0 atom stereocenters. The average molecular weight is 569 g/mol. The summed E-state index contributed by atoms with van der Waals surface area (Å²) in [5.41, 5.74) is 4.89. The molecule has 0 bridgehead atoms. The van der Waals surface area contributed by atoms with Crippen molar-refractivity contribution in [2.24, 2.45) is 5.10 Å². The van der Waals surface area contributed by atoms with Crippen LogP contribution >= 0.6 is 23.4 Å². The van der Waals surface area contributed by atoms with Gasteiger partial charge in [-0.05, 0) is 54.6 Å². The first-order valence-corrected chi connectivity index (χ1v) is 13.1. The normalized spacial score (nSPS) is 10.8. The number of para-hydroxylation sites is 2. The maximum absolute atomic E-state index is 11.8. The molecule has 0 aliphatic heterocycles. The molecule has 0 amide bonds. The van der Waals surface area contributed by atoms with Gasteiger partial charge in [-0.15, -0.1) is 0 Å². The molecule has 0 unspecified atom stereocenters. The van der Waals surface area contributed by atoms with Crippen LogP contribution < -0.4 is 16.1 Å². The van der Waals surface area contributed by atoms with E-state index in [0.29, 0.717) is 27.4 Å². The van der Waals surface area contributed by atoms with Gasteiger partial charge in [-0.25, -0.2) is 5.43 Å². The highest BCUT2D eigenvalue weighted by Crippen LogP contribution is 2.35. The molecule has 4 aromatic carbocycles. The fourth-order valence-corrected chi connectivity index (χ4v) is 4.50. The molecular weight excluding hydrogens is 548 g/mol. The van der Waals surface area contributed by atoms with E-state index >= 15 is 0 Å². The van der Waals surface area contributed by atoms with Crippen LogP contribution in [0.3, 0.4) is 0 Å². The maximum Gasteiger partial charge on any atom is 0.283 e. The number of hydrazone groups is 1. The van der Waals surface area contributed by atoms with Crippen LogP contribution in [0.2, 0.25) is 5.02 Å². The molecule has 3 N–H and O–H groups in total. The topological polar surface area (TPSA) is 130 Å². The van der Waals surface area contributed by atoms with Crippen molar-refractivity contribution in [2.45, 2.75) is 9.79 Å². The van der Waals surface area contributed by atoms with E-state index in [1.165, 1.54) is 24.0 Å². The Balaban J connectivity index is 1.35. The van der Waals surface area contributed by atoms with Crippen LogP contribution in [0.1, 0.15) is 5.56 Å². The van der Waals surface area contributed by atoms with E-state index in [1.54, 1.807) is 24.3 Å². The van der Waals surface area contributed by atoms with Gasteiger partial charge in [-0.1, -0.05) is 65.8 Å². The standard InChI is InChI=1S/C28H21ClN8O2S/c29-20-12-14-23(15-13-20)40-25-16-11-19(17-24(25)37(38)39)18-30-36-28-34-26(31-21-7-3-1-4-8-21)33-27(35-28)32-22-9-5-2-6-10-22/h1-18H,(H3,31,32,33,34,35,36). The molecule has 0 aliphatic carbocycles. The minimum absolute atomic E-state index is 0.0345. The summed E-state index contributed by atoms with van der Waals surface area (Å²) in [6, 6.07) is 31.0. The predicted octanol–water partition coefficient (Wildman–Crippen LogP) is 7.52. The lowest BCUT2D eigenvalue weighted by atomic mass is 10.2. The van der Waals surface area contributed by atoms with E-state index in [2.05, 4.69) is 36.1 Å². The van der Waals surface area contributed by atoms with Crippen molar-refractivity contribution in [1.82, 2.24) is 15.0 Å². The number of aromatic nitrogens is 3. The van der Waals surface area contributed by atoms with Gasteiger partial charge in [0.1, 0.15) is 0 Å². The van der Waals surface area contributed by atoms with Crippen LogP contribution in [0.25, 0.3) is 0 Å². The van der Waals surface area contributed by atoms with Crippen LogP contribution in [0, 0.1) is 10.1 Å². The molecule has 0 aliphatic rings. The summed E-state index contributed by atoms with van der Waals surface area (Å²) in [6.45, 7) is 0. The Bertz CT molecular complexity index is 1580. The molecule has 0 fully saturated rings. The first-order valence-electron chi connectivity index (χ1n) is 11.9. The molecule has 0 spiro atoms. The van der Waals surface area contributed by atoms with Gasteiger partial charge in [0.15, 0.2) is 0 Å². The average Bonchev–Trinajstić information content (AvgIpc) is 2.96. The van der Waals surface area contributed by atoms with Crippen molar-refractivity contribution < 1.29 is 4.92 Å². The molecule has 0 saturated heterocycles. The Morgan fingerprint density at radius 3 is 1.93 bits per heavy atom. The number of nitrogens with one attached hydrogen (secondary N) is 3. The van der Waals surface area contributed by atoms with Gasteiger partial charge in [0.2, 0.25) is 17.8 Å². The predicted molar refractivity (Wildman–Crippen MR) is 159 cm³/mol. The number of hydrogen-bond acceptors (Lipinski definition) is 10. The summed E-state index contributed by atoms with van der Waals surface area (Å²) in [6.07, 6.45) is 1.46. The first kappa shape index (κ1) is 26.6. The van der Waals surface area contributed by atoms with Crippen molar-refractivity contribution >= 4 is 64.5 Å². The van der Waals surface area contributed by atoms with Gasteiger partial charge >= 0.3 is 0 Å². The fourth-order valence-electron chi connectivity index (χ4n) is 3.48. The zero-order chi connectivity index (χ0) is 27.7. The molecule has 5 aromatic rings. The van der Waals surface area contributed by atoms with Crippen molar-refractivity contribution in [3.05, 3.63) is 124 Å². The zero-order valence-corrected chi connectivity index (χ0v) is 22.3. The molecule has 0 radical (unpaired) electrons. The number of nitro groups is 1. The van der Waals surface area contributed by atoms with Crippen LogP contribution in [-0.2, 0) is 0 Å². The summed E-state index contributed by atoms with van der Waals surface area (Å²) < 4.78 is 0. The highest BCUT2D eigenvalue weighted by atomic mass is 35.5. The SMILES string of the molecule is O=[N+]([O-])c1cc(C=NNc2nc(Nc3ccccc3)nc(Nc3ccccc3)n2)ccc1Sc1ccc(Cl)cc1. The minimum Gasteiger partial charge on any atom is -0.324 e. The molecule has 1 heterocycles. The van der Waals surface area contributed by atoms with E-state index in [-0.39, 0.29) is 11.6 Å². The Kier molecular flexibility index (Phi) is 8.44. The molecule has 1 aromatic heterocycles. The molecule has 10 nitrogen and oxygen atoms in total. The third-order valence-electron chi connectivity index (χ3n) is 5.29. The lowest BCUT2D eigenvalue weighted by Crippen LogP contribution is -2.07. The molecule has 0 saturated carbocycles. The Morgan fingerprint density at radius 1 is 0.775 bits per heavy atom. The lowest BCUT2D eigenvalue weighted by molar-refractivity contribution is -0.387. The molecule has 5 rings (SSSR count). The monoisotopic (exact) mass is 568 g/mol. The number of nitrogens with zero attached hydrogens (tertiary/aromatic N) is 5. The second-order valence-electron chi connectivity index (χ2n) is 8.20. The summed E-state index contributed by atoms with van der Waals surface area (Å²) in [5, 5.41) is 22.9. The van der Waals surface area contributed by atoms with Crippen molar-refractivity contribution in [3.8, 4) is 0 Å². The molecular formula is C28H21ClN8O2S. The number of hydrogen-bond donors (Lipinski definition) is 3. The van der Waals surface area contributed by atoms with Crippen molar-refractivity contribution in [3.63, 3.8) is 0 Å². The smallest absolute Gasteiger partial charge is 0.283 e. The van der Waals surface area contributed by atoms with Crippen LogP contribution in [0.15, 0.2) is 118 Å². The van der Waals surface area contributed by atoms with Crippen LogP contribution in [0.5, 0.6) is 0 Å². The van der Waals surface area contributed by atoms with E-state index < -0.39 is 4.92 Å². The highest BCUT2D eigenvalue weighted by Gasteiger charge is 2.16. The zero-order valence-electron chi connectivity index (χ0n) is 20.7. The molecule has 40 heavy (non-hydrogen) atoms. The Morgan fingerprint density at radius 2 is 1.35 bits per heavy atom. The van der Waals surface area contributed by atoms with E-state index in [9.17, 15) is 10.1 Å². The number of nitro benzene ring substituents is 1. The number of rotatable bonds is 10. The maximum atomic E-state index is 11.8. The van der Waals surface area contributed by atoms with Gasteiger partial charge in [-0.3, -0.25) is 10.1 Å².